The Kier molecular flexibility index (Phi) is 7.28. The average molecular weight is 485 g/mol. The van der Waals surface area contributed by atoms with Crippen molar-refractivity contribution in [1.82, 2.24) is 4.98 Å². The van der Waals surface area contributed by atoms with Crippen molar-refractivity contribution >= 4 is 48.4 Å². The summed E-state index contributed by atoms with van der Waals surface area (Å²) in [5.41, 5.74) is 9.60. The number of benzene rings is 1. The van der Waals surface area contributed by atoms with Gasteiger partial charge in [-0.15, -0.1) is 22.7 Å². The number of sulfone groups is 1. The van der Waals surface area contributed by atoms with Gasteiger partial charge in [0.1, 0.15) is 9.04 Å². The monoisotopic (exact) mass is 484 g/mol. The summed E-state index contributed by atoms with van der Waals surface area (Å²) in [6.45, 7) is 2.18. The maximum absolute atomic E-state index is 13.2. The molecule has 0 aliphatic rings. The van der Waals surface area contributed by atoms with Crippen molar-refractivity contribution in [2.24, 2.45) is 0 Å². The predicted molar refractivity (Wildman–Crippen MR) is 138 cm³/mol. The molecule has 0 aliphatic heterocycles. The van der Waals surface area contributed by atoms with E-state index in [9.17, 15) is 8.42 Å². The second-order valence-electron chi connectivity index (χ2n) is 7.97. The summed E-state index contributed by atoms with van der Waals surface area (Å²) in [7, 11) is -3.46. The lowest BCUT2D eigenvalue weighted by molar-refractivity contribution is 0.585. The normalized spacial score (nSPS) is 11.9. The lowest BCUT2D eigenvalue weighted by atomic mass is 10.0. The number of hydrogen-bond acceptors (Lipinski definition) is 6. The molecule has 0 unspecified atom stereocenters. The molecule has 32 heavy (non-hydrogen) atoms. The Bertz CT molecular complexity index is 1280. The molecular weight excluding hydrogens is 456 g/mol. The van der Waals surface area contributed by atoms with Crippen molar-refractivity contribution in [3.05, 3.63) is 53.9 Å². The largest absolute Gasteiger partial charge is 0.396 e. The van der Waals surface area contributed by atoms with E-state index in [1.165, 1.54) is 24.2 Å². The Morgan fingerprint density at radius 2 is 1.72 bits per heavy atom. The third-order valence-electron chi connectivity index (χ3n) is 5.57. The maximum Gasteiger partial charge on any atom is 0.189 e. The molecule has 3 heterocycles. The SMILES string of the molecule is CCCCCCCCS(=O)(=O)c1sc2nc(-c3cccs3)cc(-c3ccccc3)c2c1N. The number of hydrogen-bond donors (Lipinski definition) is 1. The van der Waals surface area contributed by atoms with Gasteiger partial charge < -0.3 is 5.73 Å². The molecule has 4 nitrogen and oxygen atoms in total. The van der Waals surface area contributed by atoms with Crippen molar-refractivity contribution in [2.45, 2.75) is 49.7 Å². The van der Waals surface area contributed by atoms with Crippen molar-refractivity contribution in [3.63, 3.8) is 0 Å². The standard InChI is InChI=1S/C25H28N2O2S3/c1-2-3-4-5-6-10-16-32(28,29)25-23(26)22-19(18-12-8-7-9-13-18)17-20(27-24(22)31-25)21-14-11-15-30-21/h7-9,11-15,17H,2-6,10,16,26H2,1H3. The molecule has 0 fully saturated rings. The van der Waals surface area contributed by atoms with Crippen LogP contribution in [0.3, 0.4) is 0 Å². The maximum atomic E-state index is 13.2. The molecule has 3 aromatic heterocycles. The first-order valence-electron chi connectivity index (χ1n) is 11.1. The van der Waals surface area contributed by atoms with Gasteiger partial charge in [-0.2, -0.15) is 0 Å². The van der Waals surface area contributed by atoms with Crippen LogP contribution in [-0.2, 0) is 9.84 Å². The summed E-state index contributed by atoms with van der Waals surface area (Å²) >= 11 is 2.82. The first-order chi connectivity index (χ1) is 15.5. The zero-order valence-electron chi connectivity index (χ0n) is 18.2. The minimum absolute atomic E-state index is 0.134. The molecule has 0 atom stereocenters. The number of nitrogen functional groups attached to an aromatic ring is 1. The van der Waals surface area contributed by atoms with E-state index >= 15 is 0 Å². The number of pyridine rings is 1. The Morgan fingerprint density at radius 1 is 0.969 bits per heavy atom. The van der Waals surface area contributed by atoms with Gasteiger partial charge in [-0.3, -0.25) is 0 Å². The smallest absolute Gasteiger partial charge is 0.189 e. The first kappa shape index (κ1) is 23.0. The highest BCUT2D eigenvalue weighted by molar-refractivity contribution is 7.93. The fourth-order valence-electron chi connectivity index (χ4n) is 3.89. The van der Waals surface area contributed by atoms with Crippen LogP contribution in [0.25, 0.3) is 31.9 Å². The van der Waals surface area contributed by atoms with E-state index in [2.05, 4.69) is 6.92 Å². The molecule has 0 bridgehead atoms. The van der Waals surface area contributed by atoms with Crippen LogP contribution in [0.5, 0.6) is 0 Å². The molecule has 168 valence electrons. The number of aromatic nitrogens is 1. The number of unbranched alkanes of at least 4 members (excludes halogenated alkanes) is 5. The second-order valence-corrected chi connectivity index (χ2v) is 12.2. The van der Waals surface area contributed by atoms with E-state index in [0.717, 1.165) is 46.3 Å². The van der Waals surface area contributed by atoms with Gasteiger partial charge >= 0.3 is 0 Å². The average Bonchev–Trinajstić information content (AvgIpc) is 3.45. The second kappa shape index (κ2) is 10.1. The number of fused-ring (bicyclic) bond motifs is 1. The Balaban J connectivity index is 1.73. The van der Waals surface area contributed by atoms with Gasteiger partial charge in [-0.05, 0) is 35.1 Å². The molecule has 0 spiro atoms. The highest BCUT2D eigenvalue weighted by atomic mass is 32.2. The predicted octanol–water partition coefficient (Wildman–Crippen LogP) is 7.41. The van der Waals surface area contributed by atoms with Crippen molar-refractivity contribution in [1.29, 1.82) is 0 Å². The Morgan fingerprint density at radius 3 is 2.44 bits per heavy atom. The molecule has 0 aliphatic carbocycles. The molecular formula is C25H28N2O2S3. The number of thiophene rings is 2. The lowest BCUT2D eigenvalue weighted by Gasteiger charge is -2.08. The highest BCUT2D eigenvalue weighted by Crippen LogP contribution is 2.43. The van der Waals surface area contributed by atoms with Crippen LogP contribution in [0, 0.1) is 0 Å². The van der Waals surface area contributed by atoms with E-state index in [4.69, 9.17) is 10.7 Å². The van der Waals surface area contributed by atoms with Crippen LogP contribution in [0.2, 0.25) is 0 Å². The fourth-order valence-corrected chi connectivity index (χ4v) is 7.63. The molecule has 1 aromatic carbocycles. The van der Waals surface area contributed by atoms with Crippen LogP contribution >= 0.6 is 22.7 Å². The van der Waals surface area contributed by atoms with Crippen LogP contribution < -0.4 is 5.73 Å². The van der Waals surface area contributed by atoms with Crippen molar-refractivity contribution in [3.8, 4) is 21.7 Å². The number of nitrogens with two attached hydrogens (primary N) is 1. The van der Waals surface area contributed by atoms with Gasteiger partial charge in [0.25, 0.3) is 0 Å². The summed E-state index contributed by atoms with van der Waals surface area (Å²) in [6, 6.07) is 16.0. The fraction of sp³-hybridized carbons (Fsp3) is 0.320. The lowest BCUT2D eigenvalue weighted by Crippen LogP contribution is -2.07. The van der Waals surface area contributed by atoms with Crippen molar-refractivity contribution < 1.29 is 8.42 Å². The summed E-state index contributed by atoms with van der Waals surface area (Å²) in [6.07, 6.45) is 6.23. The Labute approximate surface area is 198 Å². The van der Waals surface area contributed by atoms with Gasteiger partial charge in [0.2, 0.25) is 0 Å². The van der Waals surface area contributed by atoms with Gasteiger partial charge in [-0.25, -0.2) is 13.4 Å². The highest BCUT2D eigenvalue weighted by Gasteiger charge is 2.25. The zero-order valence-corrected chi connectivity index (χ0v) is 20.7. The quantitative estimate of drug-likeness (QED) is 0.238. The molecule has 7 heteroatoms. The molecule has 0 radical (unpaired) electrons. The van der Waals surface area contributed by atoms with Crippen LogP contribution in [0.15, 0.2) is 58.1 Å². The number of rotatable bonds is 10. The number of anilines is 1. The van der Waals surface area contributed by atoms with E-state index in [0.29, 0.717) is 16.9 Å². The molecule has 4 rings (SSSR count). The van der Waals surface area contributed by atoms with E-state index < -0.39 is 9.84 Å². The van der Waals surface area contributed by atoms with Gasteiger partial charge in [-0.1, -0.05) is 75.4 Å². The third-order valence-corrected chi connectivity index (χ3v) is 9.98. The molecule has 0 saturated heterocycles. The minimum Gasteiger partial charge on any atom is -0.396 e. The van der Waals surface area contributed by atoms with E-state index in [-0.39, 0.29) is 9.96 Å². The van der Waals surface area contributed by atoms with Crippen LogP contribution in [0.1, 0.15) is 45.4 Å². The van der Waals surface area contributed by atoms with Gasteiger partial charge in [0.05, 0.1) is 22.0 Å². The van der Waals surface area contributed by atoms with Crippen LogP contribution in [-0.4, -0.2) is 19.2 Å². The van der Waals surface area contributed by atoms with Gasteiger partial charge in [0.15, 0.2) is 9.84 Å². The van der Waals surface area contributed by atoms with Crippen LogP contribution in [0.4, 0.5) is 5.69 Å². The Hall–Kier alpha value is -2.22. The zero-order chi connectivity index (χ0) is 22.6. The van der Waals surface area contributed by atoms with E-state index in [1.807, 2.05) is 53.9 Å². The van der Waals surface area contributed by atoms with Crippen molar-refractivity contribution in [2.75, 3.05) is 11.5 Å². The summed E-state index contributed by atoms with van der Waals surface area (Å²) in [5.74, 6) is 0.134. The first-order valence-corrected chi connectivity index (χ1v) is 14.4. The topological polar surface area (TPSA) is 73.0 Å². The van der Waals surface area contributed by atoms with E-state index in [1.54, 1.807) is 11.3 Å². The summed E-state index contributed by atoms with van der Waals surface area (Å²) < 4.78 is 26.6. The third kappa shape index (κ3) is 4.90. The summed E-state index contributed by atoms with van der Waals surface area (Å²) in [4.78, 5) is 6.54. The molecule has 2 N–H and O–H groups in total. The molecule has 0 amide bonds. The summed E-state index contributed by atoms with van der Waals surface area (Å²) in [5, 5.41) is 2.76. The van der Waals surface area contributed by atoms with Gasteiger partial charge in [0, 0.05) is 5.39 Å². The molecule has 0 saturated carbocycles. The molecule has 4 aromatic rings. The number of nitrogens with zero attached hydrogens (tertiary/aromatic N) is 1. The minimum atomic E-state index is -3.46.